The molecule has 0 radical (unpaired) electrons. The first-order valence-corrected chi connectivity index (χ1v) is 10.6. The highest BCUT2D eigenvalue weighted by Gasteiger charge is 2.22. The minimum atomic E-state index is 0.0107. The Morgan fingerprint density at radius 2 is 1.52 bits per heavy atom. The van der Waals surface area contributed by atoms with Crippen LogP contribution in [0.15, 0.2) is 66.7 Å². The van der Waals surface area contributed by atoms with E-state index in [4.69, 9.17) is 0 Å². The SMILES string of the molecule is Cc1ccccc1-c1ccc(N2CCN(C(=O)CCC(=O)c3ccccc3)CC2)nn1. The number of piperazine rings is 1. The maximum Gasteiger partial charge on any atom is 0.223 e. The maximum atomic E-state index is 12.5. The van der Waals surface area contributed by atoms with Crippen LogP contribution in [0.4, 0.5) is 5.82 Å². The van der Waals surface area contributed by atoms with Gasteiger partial charge in [0.25, 0.3) is 0 Å². The molecule has 0 spiro atoms. The monoisotopic (exact) mass is 414 g/mol. The van der Waals surface area contributed by atoms with E-state index in [2.05, 4.69) is 28.1 Å². The largest absolute Gasteiger partial charge is 0.352 e. The van der Waals surface area contributed by atoms with E-state index in [-0.39, 0.29) is 24.5 Å². The Morgan fingerprint density at radius 3 is 2.19 bits per heavy atom. The van der Waals surface area contributed by atoms with E-state index in [1.54, 1.807) is 12.1 Å². The molecule has 0 N–H and O–H groups in total. The topological polar surface area (TPSA) is 66.4 Å². The minimum absolute atomic E-state index is 0.0107. The molecule has 2 heterocycles. The van der Waals surface area contributed by atoms with Crippen LogP contribution in [-0.4, -0.2) is 53.0 Å². The average molecular weight is 415 g/mol. The molecule has 6 nitrogen and oxygen atoms in total. The van der Waals surface area contributed by atoms with Gasteiger partial charge in [0.05, 0.1) is 5.69 Å². The number of ketones is 1. The number of aryl methyl sites for hydroxylation is 1. The van der Waals surface area contributed by atoms with Crippen LogP contribution in [0.25, 0.3) is 11.3 Å². The number of carbonyl (C=O) groups is 2. The molecule has 1 aliphatic rings. The van der Waals surface area contributed by atoms with Crippen molar-refractivity contribution in [1.82, 2.24) is 15.1 Å². The van der Waals surface area contributed by atoms with Gasteiger partial charge in [-0.1, -0.05) is 54.6 Å². The summed E-state index contributed by atoms with van der Waals surface area (Å²) in [5.41, 5.74) is 3.77. The number of hydrogen-bond donors (Lipinski definition) is 0. The minimum Gasteiger partial charge on any atom is -0.352 e. The van der Waals surface area contributed by atoms with Crippen molar-refractivity contribution >= 4 is 17.5 Å². The fourth-order valence-corrected chi connectivity index (χ4v) is 3.83. The summed E-state index contributed by atoms with van der Waals surface area (Å²) >= 11 is 0. The molecule has 4 rings (SSSR count). The van der Waals surface area contributed by atoms with E-state index in [0.717, 1.165) is 17.1 Å². The summed E-state index contributed by atoms with van der Waals surface area (Å²) < 4.78 is 0. The zero-order chi connectivity index (χ0) is 21.6. The first-order chi connectivity index (χ1) is 15.1. The molecule has 158 valence electrons. The molecule has 1 fully saturated rings. The lowest BCUT2D eigenvalue weighted by Gasteiger charge is -2.35. The number of Topliss-reactive ketones (excluding diaryl/α,β-unsaturated/α-hetero) is 1. The predicted octanol–water partition coefficient (Wildman–Crippen LogP) is 3.76. The van der Waals surface area contributed by atoms with Gasteiger partial charge in [0.2, 0.25) is 5.91 Å². The molecule has 0 unspecified atom stereocenters. The molecule has 1 amide bonds. The Labute approximate surface area is 182 Å². The van der Waals surface area contributed by atoms with E-state index in [1.807, 2.05) is 53.4 Å². The smallest absolute Gasteiger partial charge is 0.223 e. The van der Waals surface area contributed by atoms with Crippen LogP contribution < -0.4 is 4.90 Å². The molecule has 3 aromatic rings. The Balaban J connectivity index is 1.29. The first kappa shape index (κ1) is 20.7. The Hall–Kier alpha value is -3.54. The lowest BCUT2D eigenvalue weighted by Crippen LogP contribution is -2.49. The fourth-order valence-electron chi connectivity index (χ4n) is 3.83. The molecule has 0 aliphatic carbocycles. The van der Waals surface area contributed by atoms with Crippen molar-refractivity contribution in [1.29, 1.82) is 0 Å². The van der Waals surface area contributed by atoms with Gasteiger partial charge in [-0.05, 0) is 24.6 Å². The van der Waals surface area contributed by atoms with Gasteiger partial charge >= 0.3 is 0 Å². The number of hydrogen-bond acceptors (Lipinski definition) is 5. The number of rotatable bonds is 6. The number of anilines is 1. The van der Waals surface area contributed by atoms with Gasteiger partial charge in [-0.2, -0.15) is 0 Å². The van der Waals surface area contributed by atoms with Crippen LogP contribution >= 0.6 is 0 Å². The number of benzene rings is 2. The molecule has 0 saturated carbocycles. The first-order valence-electron chi connectivity index (χ1n) is 10.6. The van der Waals surface area contributed by atoms with Crippen molar-refractivity contribution in [3.8, 4) is 11.3 Å². The third kappa shape index (κ3) is 4.97. The Bertz CT molecular complexity index is 1040. The zero-order valence-electron chi connectivity index (χ0n) is 17.7. The van der Waals surface area contributed by atoms with Gasteiger partial charge in [-0.15, -0.1) is 10.2 Å². The van der Waals surface area contributed by atoms with Gasteiger partial charge in [-0.3, -0.25) is 9.59 Å². The van der Waals surface area contributed by atoms with E-state index in [1.165, 1.54) is 5.56 Å². The number of nitrogens with zero attached hydrogens (tertiary/aromatic N) is 4. The second kappa shape index (κ2) is 9.51. The highest BCUT2D eigenvalue weighted by molar-refractivity contribution is 5.97. The van der Waals surface area contributed by atoms with E-state index in [9.17, 15) is 9.59 Å². The molecule has 0 bridgehead atoms. The molecular weight excluding hydrogens is 388 g/mol. The van der Waals surface area contributed by atoms with Gasteiger partial charge in [0.1, 0.15) is 0 Å². The van der Waals surface area contributed by atoms with Gasteiger partial charge < -0.3 is 9.80 Å². The summed E-state index contributed by atoms with van der Waals surface area (Å²) in [6.07, 6.45) is 0.494. The summed E-state index contributed by atoms with van der Waals surface area (Å²) in [5, 5.41) is 8.82. The molecular formula is C25H26N4O2. The van der Waals surface area contributed by atoms with Crippen molar-refractivity contribution in [2.24, 2.45) is 0 Å². The van der Waals surface area contributed by atoms with Gasteiger partial charge in [0.15, 0.2) is 11.6 Å². The molecule has 2 aromatic carbocycles. The Kier molecular flexibility index (Phi) is 6.36. The van der Waals surface area contributed by atoms with Crippen molar-refractivity contribution in [2.45, 2.75) is 19.8 Å². The van der Waals surface area contributed by atoms with E-state index >= 15 is 0 Å². The summed E-state index contributed by atoms with van der Waals surface area (Å²) in [6.45, 7) is 4.72. The van der Waals surface area contributed by atoms with Gasteiger partial charge in [0, 0.05) is 50.1 Å². The van der Waals surface area contributed by atoms with Crippen LogP contribution in [-0.2, 0) is 4.79 Å². The predicted molar refractivity (Wildman–Crippen MR) is 121 cm³/mol. The standard InChI is InChI=1S/C25H26N4O2/c1-19-7-5-6-10-21(19)22-11-13-24(27-26-22)28-15-17-29(18-16-28)25(31)14-12-23(30)20-8-3-2-4-9-20/h2-11,13H,12,14-18H2,1H3. The number of carbonyl (C=O) groups excluding carboxylic acids is 2. The number of amides is 1. The van der Waals surface area contributed by atoms with Crippen LogP contribution in [0.3, 0.4) is 0 Å². The summed E-state index contributed by atoms with van der Waals surface area (Å²) in [4.78, 5) is 28.7. The summed E-state index contributed by atoms with van der Waals surface area (Å²) in [5.74, 6) is 0.866. The van der Waals surface area contributed by atoms with Crippen molar-refractivity contribution in [3.63, 3.8) is 0 Å². The van der Waals surface area contributed by atoms with Gasteiger partial charge in [-0.25, -0.2) is 0 Å². The quantitative estimate of drug-likeness (QED) is 0.575. The third-order valence-corrected chi connectivity index (χ3v) is 5.69. The average Bonchev–Trinajstić information content (AvgIpc) is 2.83. The van der Waals surface area contributed by atoms with Crippen LogP contribution in [0, 0.1) is 6.92 Å². The Morgan fingerprint density at radius 1 is 0.806 bits per heavy atom. The van der Waals surface area contributed by atoms with Crippen molar-refractivity contribution < 1.29 is 9.59 Å². The highest BCUT2D eigenvalue weighted by Crippen LogP contribution is 2.22. The lowest BCUT2D eigenvalue weighted by atomic mass is 10.1. The second-order valence-corrected chi connectivity index (χ2v) is 7.75. The summed E-state index contributed by atoms with van der Waals surface area (Å²) in [7, 11) is 0. The van der Waals surface area contributed by atoms with Crippen molar-refractivity contribution in [3.05, 3.63) is 77.9 Å². The number of aromatic nitrogens is 2. The fraction of sp³-hybridized carbons (Fsp3) is 0.280. The zero-order valence-corrected chi connectivity index (χ0v) is 17.7. The van der Waals surface area contributed by atoms with Crippen LogP contribution in [0.5, 0.6) is 0 Å². The summed E-state index contributed by atoms with van der Waals surface area (Å²) in [6, 6.07) is 21.2. The molecule has 0 atom stereocenters. The van der Waals surface area contributed by atoms with Crippen LogP contribution in [0.2, 0.25) is 0 Å². The molecule has 1 aliphatic heterocycles. The van der Waals surface area contributed by atoms with Crippen LogP contribution in [0.1, 0.15) is 28.8 Å². The highest BCUT2D eigenvalue weighted by atomic mass is 16.2. The van der Waals surface area contributed by atoms with Crippen molar-refractivity contribution in [2.75, 3.05) is 31.1 Å². The van der Waals surface area contributed by atoms with E-state index in [0.29, 0.717) is 31.7 Å². The third-order valence-electron chi connectivity index (χ3n) is 5.69. The molecule has 31 heavy (non-hydrogen) atoms. The normalized spacial score (nSPS) is 13.8. The maximum absolute atomic E-state index is 12.5. The lowest BCUT2D eigenvalue weighted by molar-refractivity contribution is -0.131. The van der Waals surface area contributed by atoms with E-state index < -0.39 is 0 Å². The molecule has 1 aromatic heterocycles. The molecule has 1 saturated heterocycles. The second-order valence-electron chi connectivity index (χ2n) is 7.75. The molecule has 6 heteroatoms.